The van der Waals surface area contributed by atoms with Gasteiger partial charge in [0.05, 0.1) is 6.61 Å². The lowest BCUT2D eigenvalue weighted by atomic mass is 9.80. The standard InChI is InChI=1S/C17H32N2O/c1-20-12-11-19-13-16(15-7-3-2-4-8-15)18-14-17(19)9-5-6-10-17/h15-16,18H,2-14H2,1H3. The van der Waals surface area contributed by atoms with Gasteiger partial charge in [0, 0.05) is 38.3 Å². The molecule has 1 unspecified atom stereocenters. The van der Waals surface area contributed by atoms with E-state index in [0.29, 0.717) is 5.54 Å². The summed E-state index contributed by atoms with van der Waals surface area (Å²) in [5, 5.41) is 3.95. The van der Waals surface area contributed by atoms with Crippen molar-refractivity contribution >= 4 is 0 Å². The number of ether oxygens (including phenoxy) is 1. The molecule has 3 aliphatic rings. The summed E-state index contributed by atoms with van der Waals surface area (Å²) in [6.45, 7) is 4.49. The number of nitrogens with zero attached hydrogens (tertiary/aromatic N) is 1. The quantitative estimate of drug-likeness (QED) is 0.857. The van der Waals surface area contributed by atoms with Crippen LogP contribution in [0.3, 0.4) is 0 Å². The smallest absolute Gasteiger partial charge is 0.0589 e. The molecule has 2 saturated carbocycles. The van der Waals surface area contributed by atoms with E-state index in [-0.39, 0.29) is 0 Å². The van der Waals surface area contributed by atoms with E-state index < -0.39 is 0 Å². The van der Waals surface area contributed by atoms with E-state index in [9.17, 15) is 0 Å². The topological polar surface area (TPSA) is 24.5 Å². The highest BCUT2D eigenvalue weighted by Crippen LogP contribution is 2.38. The van der Waals surface area contributed by atoms with Crippen LogP contribution in [0.25, 0.3) is 0 Å². The van der Waals surface area contributed by atoms with Crippen molar-refractivity contribution in [3.63, 3.8) is 0 Å². The molecule has 3 rings (SSSR count). The third kappa shape index (κ3) is 3.05. The van der Waals surface area contributed by atoms with Crippen molar-refractivity contribution in [1.29, 1.82) is 0 Å². The van der Waals surface area contributed by atoms with Gasteiger partial charge in [0.15, 0.2) is 0 Å². The van der Waals surface area contributed by atoms with Gasteiger partial charge in [0.1, 0.15) is 0 Å². The van der Waals surface area contributed by atoms with Crippen LogP contribution >= 0.6 is 0 Å². The Bertz CT molecular complexity index is 295. The fourth-order valence-corrected chi connectivity index (χ4v) is 4.84. The fraction of sp³-hybridized carbons (Fsp3) is 1.00. The molecule has 1 spiro atoms. The van der Waals surface area contributed by atoms with Gasteiger partial charge in [0.25, 0.3) is 0 Å². The Morgan fingerprint density at radius 1 is 1.10 bits per heavy atom. The molecule has 116 valence electrons. The van der Waals surface area contributed by atoms with Gasteiger partial charge in [-0.1, -0.05) is 32.1 Å². The first-order chi connectivity index (χ1) is 9.84. The SMILES string of the molecule is COCCN1CC(C2CCCCC2)NCC12CCCC2. The molecule has 1 saturated heterocycles. The molecule has 0 aromatic heterocycles. The van der Waals surface area contributed by atoms with E-state index in [1.54, 1.807) is 0 Å². The maximum Gasteiger partial charge on any atom is 0.0589 e. The molecule has 1 N–H and O–H groups in total. The van der Waals surface area contributed by atoms with Crippen molar-refractivity contribution in [3.05, 3.63) is 0 Å². The minimum absolute atomic E-state index is 0.462. The summed E-state index contributed by atoms with van der Waals surface area (Å²) in [5.74, 6) is 0.924. The Labute approximate surface area is 124 Å². The van der Waals surface area contributed by atoms with Gasteiger partial charge in [-0.25, -0.2) is 0 Å². The molecule has 0 bridgehead atoms. The Kier molecular flexibility index (Phi) is 5.00. The maximum atomic E-state index is 5.37. The molecular weight excluding hydrogens is 248 g/mol. The lowest BCUT2D eigenvalue weighted by Crippen LogP contribution is -2.65. The molecule has 1 heterocycles. The van der Waals surface area contributed by atoms with Crippen LogP contribution in [0, 0.1) is 5.92 Å². The highest BCUT2D eigenvalue weighted by Gasteiger charge is 2.44. The zero-order valence-corrected chi connectivity index (χ0v) is 13.2. The summed E-state index contributed by atoms with van der Waals surface area (Å²) in [4.78, 5) is 2.79. The second-order valence-electron chi connectivity index (χ2n) is 7.26. The van der Waals surface area contributed by atoms with E-state index in [4.69, 9.17) is 4.74 Å². The van der Waals surface area contributed by atoms with Gasteiger partial charge in [-0.2, -0.15) is 0 Å². The largest absolute Gasteiger partial charge is 0.383 e. The predicted molar refractivity (Wildman–Crippen MR) is 83.0 cm³/mol. The van der Waals surface area contributed by atoms with Crippen LogP contribution in [-0.2, 0) is 4.74 Å². The molecule has 0 amide bonds. The molecule has 2 aliphatic carbocycles. The minimum Gasteiger partial charge on any atom is -0.383 e. The van der Waals surface area contributed by atoms with Crippen LogP contribution in [0.1, 0.15) is 57.8 Å². The monoisotopic (exact) mass is 280 g/mol. The number of hydrogen-bond donors (Lipinski definition) is 1. The summed E-state index contributed by atoms with van der Waals surface area (Å²) in [5.41, 5.74) is 0.462. The molecule has 0 radical (unpaired) electrons. The van der Waals surface area contributed by atoms with Gasteiger partial charge in [-0.05, 0) is 31.6 Å². The van der Waals surface area contributed by atoms with Crippen LogP contribution in [-0.4, -0.2) is 49.8 Å². The zero-order chi connectivity index (χ0) is 13.8. The average molecular weight is 280 g/mol. The lowest BCUT2D eigenvalue weighted by molar-refractivity contribution is 0.00725. The van der Waals surface area contributed by atoms with Crippen LogP contribution < -0.4 is 5.32 Å². The Morgan fingerprint density at radius 2 is 1.85 bits per heavy atom. The van der Waals surface area contributed by atoms with E-state index in [1.165, 1.54) is 70.9 Å². The highest BCUT2D eigenvalue weighted by molar-refractivity contribution is 5.03. The van der Waals surface area contributed by atoms with Gasteiger partial charge in [-0.3, -0.25) is 4.90 Å². The first kappa shape index (κ1) is 14.8. The molecule has 1 atom stereocenters. The molecule has 3 fully saturated rings. The highest BCUT2D eigenvalue weighted by atomic mass is 16.5. The number of methoxy groups -OCH3 is 1. The van der Waals surface area contributed by atoms with Gasteiger partial charge in [0.2, 0.25) is 0 Å². The summed E-state index contributed by atoms with van der Waals surface area (Å²) in [7, 11) is 1.84. The van der Waals surface area contributed by atoms with Crippen LogP contribution in [0.4, 0.5) is 0 Å². The number of piperazine rings is 1. The van der Waals surface area contributed by atoms with Gasteiger partial charge >= 0.3 is 0 Å². The molecule has 0 aromatic rings. The first-order valence-corrected chi connectivity index (χ1v) is 8.81. The Hall–Kier alpha value is -0.120. The summed E-state index contributed by atoms with van der Waals surface area (Å²) in [6.07, 6.45) is 12.9. The summed E-state index contributed by atoms with van der Waals surface area (Å²) in [6, 6.07) is 0.735. The van der Waals surface area contributed by atoms with E-state index in [1.807, 2.05) is 7.11 Å². The van der Waals surface area contributed by atoms with Crippen molar-refractivity contribution < 1.29 is 4.74 Å². The van der Waals surface area contributed by atoms with Crippen molar-refractivity contribution in [3.8, 4) is 0 Å². The summed E-state index contributed by atoms with van der Waals surface area (Å²) >= 11 is 0. The second kappa shape index (κ2) is 6.76. The van der Waals surface area contributed by atoms with E-state index >= 15 is 0 Å². The average Bonchev–Trinajstić information content (AvgIpc) is 2.97. The molecule has 3 nitrogen and oxygen atoms in total. The Balaban J connectivity index is 1.63. The third-order valence-electron chi connectivity index (χ3n) is 6.10. The number of nitrogens with one attached hydrogen (secondary N) is 1. The fourth-order valence-electron chi connectivity index (χ4n) is 4.84. The van der Waals surface area contributed by atoms with Crippen molar-refractivity contribution in [2.75, 3.05) is 33.4 Å². The zero-order valence-electron chi connectivity index (χ0n) is 13.2. The van der Waals surface area contributed by atoms with Gasteiger partial charge in [-0.15, -0.1) is 0 Å². The minimum atomic E-state index is 0.462. The maximum absolute atomic E-state index is 5.37. The van der Waals surface area contributed by atoms with Gasteiger partial charge < -0.3 is 10.1 Å². The van der Waals surface area contributed by atoms with Crippen LogP contribution in [0.15, 0.2) is 0 Å². The van der Waals surface area contributed by atoms with Crippen molar-refractivity contribution in [1.82, 2.24) is 10.2 Å². The number of rotatable bonds is 4. The van der Waals surface area contributed by atoms with Crippen molar-refractivity contribution in [2.24, 2.45) is 5.92 Å². The molecule has 1 aliphatic heterocycles. The van der Waals surface area contributed by atoms with Crippen molar-refractivity contribution in [2.45, 2.75) is 69.4 Å². The predicted octanol–water partition coefficient (Wildman–Crippen LogP) is 2.80. The first-order valence-electron chi connectivity index (χ1n) is 8.81. The molecule has 20 heavy (non-hydrogen) atoms. The lowest BCUT2D eigenvalue weighted by Gasteiger charge is -2.50. The van der Waals surface area contributed by atoms with E-state index in [2.05, 4.69) is 10.2 Å². The molecule has 3 heteroatoms. The summed E-state index contributed by atoms with van der Waals surface area (Å²) < 4.78 is 5.37. The van der Waals surface area contributed by atoms with E-state index in [0.717, 1.165) is 25.1 Å². The molecular formula is C17H32N2O. The normalized spacial score (nSPS) is 31.9. The molecule has 0 aromatic carbocycles. The van der Waals surface area contributed by atoms with Crippen LogP contribution in [0.2, 0.25) is 0 Å². The van der Waals surface area contributed by atoms with Crippen LogP contribution in [0.5, 0.6) is 0 Å². The second-order valence-corrected chi connectivity index (χ2v) is 7.26. The number of hydrogen-bond acceptors (Lipinski definition) is 3. The third-order valence-corrected chi connectivity index (χ3v) is 6.10. The Morgan fingerprint density at radius 3 is 2.55 bits per heavy atom.